The van der Waals surface area contributed by atoms with Gasteiger partial charge in [-0.25, -0.2) is 0 Å². The van der Waals surface area contributed by atoms with Crippen molar-refractivity contribution < 1.29 is 9.53 Å². The molecule has 0 unspecified atom stereocenters. The molecule has 0 fully saturated rings. The maximum atomic E-state index is 12.5. The molecule has 1 atom stereocenters. The fourth-order valence-electron chi connectivity index (χ4n) is 5.54. The lowest BCUT2D eigenvalue weighted by atomic mass is 9.87. The van der Waals surface area contributed by atoms with E-state index >= 15 is 0 Å². The Labute approximate surface area is 207 Å². The number of hydrogen-bond donors (Lipinski definition) is 1. The van der Waals surface area contributed by atoms with E-state index in [1.54, 1.807) is 14.1 Å². The second kappa shape index (κ2) is 8.00. The number of aromatic nitrogens is 4. The largest absolute Gasteiger partial charge is 0.365 e. The Morgan fingerprint density at radius 1 is 1.24 bits per heavy atom. The fraction of sp³-hybridized carbons (Fsp3) is 0.458. The van der Waals surface area contributed by atoms with Gasteiger partial charge in [-0.15, -0.1) is 0 Å². The molecule has 1 N–H and O–H groups in total. The number of carbonyl (C=O) groups is 1. The van der Waals surface area contributed by atoms with Crippen LogP contribution in [0.3, 0.4) is 0 Å². The molecule has 2 aliphatic heterocycles. The first kappa shape index (κ1) is 21.9. The fourth-order valence-corrected chi connectivity index (χ4v) is 6.09. The lowest BCUT2D eigenvalue weighted by molar-refractivity contribution is -0.0721. The molecule has 10 heteroatoms. The number of nitrogens with one attached hydrogen (secondary N) is 1. The number of rotatable bonds is 2. The Balaban J connectivity index is 1.30. The molecule has 3 aromatic rings. The van der Waals surface area contributed by atoms with Crippen LogP contribution < -0.4 is 4.90 Å². The molecule has 3 aliphatic rings. The number of carbonyl (C=O) groups excluding carboxylic acids is 1. The van der Waals surface area contributed by atoms with E-state index < -0.39 is 0 Å². The van der Waals surface area contributed by atoms with Crippen LogP contribution in [0.15, 0.2) is 18.2 Å². The number of aryl methyl sites for hydroxylation is 1. The number of H-pyrrole nitrogens is 1. The monoisotopic (exact) mass is 500 g/mol. The first-order valence-corrected chi connectivity index (χ1v) is 12.3. The zero-order chi connectivity index (χ0) is 23.6. The second-order valence-electron chi connectivity index (χ2n) is 9.54. The normalized spacial score (nSPS) is 21.2. The van der Waals surface area contributed by atoms with Gasteiger partial charge in [-0.2, -0.15) is 10.2 Å². The smallest absolute Gasteiger partial charge is 0.275 e. The van der Waals surface area contributed by atoms with Gasteiger partial charge in [-0.1, -0.05) is 35.3 Å². The average molecular weight is 501 g/mol. The van der Waals surface area contributed by atoms with Gasteiger partial charge in [0.25, 0.3) is 5.91 Å². The topological polar surface area (TPSA) is 79.3 Å². The summed E-state index contributed by atoms with van der Waals surface area (Å²) in [6, 6.07) is 6.10. The van der Waals surface area contributed by atoms with Gasteiger partial charge < -0.3 is 14.5 Å². The lowest BCUT2D eigenvalue weighted by Crippen LogP contribution is -2.34. The SMILES string of the molecule is CN(C)C(=O)c1nn2c(c1Cl)CN(c1n[nH]c3c1CO[C@@]1(CCc4c(Cl)cccc41)C3)CCC2. The number of ether oxygens (including phenoxy) is 1. The third kappa shape index (κ3) is 3.26. The van der Waals surface area contributed by atoms with Crippen molar-refractivity contribution in [2.24, 2.45) is 0 Å². The molecule has 34 heavy (non-hydrogen) atoms. The number of fused-ring (bicyclic) bond motifs is 4. The molecule has 2 aromatic heterocycles. The Hall–Kier alpha value is -2.55. The summed E-state index contributed by atoms with van der Waals surface area (Å²) < 4.78 is 8.44. The molecule has 4 heterocycles. The predicted octanol–water partition coefficient (Wildman–Crippen LogP) is 3.94. The molecule has 0 saturated heterocycles. The molecule has 1 amide bonds. The summed E-state index contributed by atoms with van der Waals surface area (Å²) in [5.41, 5.74) is 5.40. The van der Waals surface area contributed by atoms with Crippen molar-refractivity contribution >= 4 is 34.9 Å². The second-order valence-corrected chi connectivity index (χ2v) is 10.3. The van der Waals surface area contributed by atoms with Gasteiger partial charge in [-0.3, -0.25) is 14.6 Å². The van der Waals surface area contributed by atoms with Crippen molar-refractivity contribution in [3.63, 3.8) is 0 Å². The molecular formula is C24H26Cl2N6O2. The van der Waals surface area contributed by atoms with Crippen molar-refractivity contribution in [1.29, 1.82) is 0 Å². The molecule has 0 bridgehead atoms. The minimum absolute atomic E-state index is 0.190. The summed E-state index contributed by atoms with van der Waals surface area (Å²) in [4.78, 5) is 16.2. The number of halogens is 2. The van der Waals surface area contributed by atoms with Gasteiger partial charge in [0, 0.05) is 49.9 Å². The number of amides is 1. The molecule has 1 aromatic carbocycles. The van der Waals surface area contributed by atoms with Crippen molar-refractivity contribution in [2.75, 3.05) is 25.5 Å². The van der Waals surface area contributed by atoms with Crippen LogP contribution >= 0.6 is 23.2 Å². The van der Waals surface area contributed by atoms with Gasteiger partial charge in [-0.05, 0) is 36.5 Å². The van der Waals surface area contributed by atoms with E-state index in [0.29, 0.717) is 30.4 Å². The minimum Gasteiger partial charge on any atom is -0.365 e. The van der Waals surface area contributed by atoms with Crippen LogP contribution in [0, 0.1) is 0 Å². The highest BCUT2D eigenvalue weighted by Crippen LogP contribution is 2.48. The molecular weight excluding hydrogens is 475 g/mol. The Kier molecular flexibility index (Phi) is 5.17. The number of aromatic amines is 1. The van der Waals surface area contributed by atoms with Crippen LogP contribution in [0.1, 0.15) is 51.4 Å². The average Bonchev–Trinajstić information content (AvgIpc) is 3.43. The first-order valence-electron chi connectivity index (χ1n) is 11.6. The standard InChI is InChI=1S/C24H26Cl2N6O2/c1-30(2)23(33)21-20(26)19-12-31(9-4-10-32(19)29-21)22-15-13-34-24(11-18(15)27-28-22)8-7-14-16(24)5-3-6-17(14)25/h3,5-6H,4,7-13H2,1-2H3,(H,27,28)/t24-/m0/s1. The third-order valence-corrected chi connectivity index (χ3v) is 8.07. The van der Waals surface area contributed by atoms with Gasteiger partial charge in [0.2, 0.25) is 0 Å². The summed E-state index contributed by atoms with van der Waals surface area (Å²) in [6.07, 6.45) is 3.46. The summed E-state index contributed by atoms with van der Waals surface area (Å²) in [5.74, 6) is 0.699. The van der Waals surface area contributed by atoms with Crippen LogP contribution in [-0.4, -0.2) is 51.4 Å². The van der Waals surface area contributed by atoms with E-state index in [1.165, 1.54) is 16.0 Å². The molecule has 178 valence electrons. The molecule has 8 nitrogen and oxygen atoms in total. The van der Waals surface area contributed by atoms with E-state index in [1.807, 2.05) is 16.8 Å². The summed E-state index contributed by atoms with van der Waals surface area (Å²) in [6.45, 7) is 2.54. The van der Waals surface area contributed by atoms with Gasteiger partial charge in [0.1, 0.15) is 0 Å². The molecule has 1 aliphatic carbocycles. The highest BCUT2D eigenvalue weighted by atomic mass is 35.5. The minimum atomic E-state index is -0.348. The Morgan fingerprint density at radius 2 is 2.09 bits per heavy atom. The Morgan fingerprint density at radius 3 is 2.91 bits per heavy atom. The highest BCUT2D eigenvalue weighted by molar-refractivity contribution is 6.34. The van der Waals surface area contributed by atoms with E-state index in [0.717, 1.165) is 60.0 Å². The van der Waals surface area contributed by atoms with Crippen LogP contribution in [0.25, 0.3) is 0 Å². The lowest BCUT2D eigenvalue weighted by Gasteiger charge is -2.35. The summed E-state index contributed by atoms with van der Waals surface area (Å²) in [7, 11) is 3.41. The maximum absolute atomic E-state index is 12.5. The van der Waals surface area contributed by atoms with E-state index in [-0.39, 0.29) is 11.5 Å². The number of nitrogens with zero attached hydrogens (tertiary/aromatic N) is 5. The quantitative estimate of drug-likeness (QED) is 0.576. The van der Waals surface area contributed by atoms with Crippen molar-refractivity contribution in [2.45, 2.75) is 51.0 Å². The highest BCUT2D eigenvalue weighted by Gasteiger charge is 2.45. The molecule has 6 rings (SSSR count). The van der Waals surface area contributed by atoms with Crippen molar-refractivity contribution in [3.05, 3.63) is 62.0 Å². The zero-order valence-corrected chi connectivity index (χ0v) is 20.7. The van der Waals surface area contributed by atoms with Gasteiger partial charge in [0.05, 0.1) is 29.5 Å². The molecule has 0 saturated carbocycles. The predicted molar refractivity (Wildman–Crippen MR) is 129 cm³/mol. The summed E-state index contributed by atoms with van der Waals surface area (Å²) in [5, 5.41) is 13.8. The van der Waals surface area contributed by atoms with E-state index in [9.17, 15) is 4.79 Å². The van der Waals surface area contributed by atoms with Gasteiger partial charge in [0.15, 0.2) is 11.5 Å². The molecule has 0 radical (unpaired) electrons. The van der Waals surface area contributed by atoms with Crippen molar-refractivity contribution in [3.8, 4) is 0 Å². The van der Waals surface area contributed by atoms with Crippen LogP contribution in [0.4, 0.5) is 5.82 Å². The van der Waals surface area contributed by atoms with E-state index in [2.05, 4.69) is 21.2 Å². The Bertz CT molecular complexity index is 1300. The van der Waals surface area contributed by atoms with Crippen LogP contribution in [0.2, 0.25) is 10.0 Å². The van der Waals surface area contributed by atoms with Crippen molar-refractivity contribution in [1.82, 2.24) is 24.9 Å². The molecule has 1 spiro atoms. The maximum Gasteiger partial charge on any atom is 0.275 e. The van der Waals surface area contributed by atoms with Crippen LogP contribution in [-0.2, 0) is 42.9 Å². The third-order valence-electron chi connectivity index (χ3n) is 7.32. The zero-order valence-electron chi connectivity index (χ0n) is 19.2. The number of hydrogen-bond acceptors (Lipinski definition) is 5. The summed E-state index contributed by atoms with van der Waals surface area (Å²) >= 11 is 13.1. The van der Waals surface area contributed by atoms with E-state index in [4.69, 9.17) is 33.0 Å². The number of benzene rings is 1. The van der Waals surface area contributed by atoms with Gasteiger partial charge >= 0.3 is 0 Å². The van der Waals surface area contributed by atoms with Crippen LogP contribution in [0.5, 0.6) is 0 Å². The first-order chi connectivity index (χ1) is 16.4. The number of anilines is 1.